The third-order valence-corrected chi connectivity index (χ3v) is 1.85. The third-order valence-electron chi connectivity index (χ3n) is 1.85. The first-order valence-electron chi connectivity index (χ1n) is 4.42. The van der Waals surface area contributed by atoms with E-state index in [0.717, 1.165) is 6.07 Å². The molecule has 0 heterocycles. The monoisotopic (exact) mass is 213 g/mol. The molecule has 0 fully saturated rings. The largest absolute Gasteiger partial charge is 0.312 e. The Morgan fingerprint density at radius 3 is 2.47 bits per heavy atom. The van der Waals surface area contributed by atoms with Crippen molar-refractivity contribution < 1.29 is 13.2 Å². The van der Waals surface area contributed by atoms with Gasteiger partial charge in [-0.3, -0.25) is 0 Å². The Balaban J connectivity index is 2.62. The van der Waals surface area contributed by atoms with Crippen LogP contribution in [0.5, 0.6) is 0 Å². The van der Waals surface area contributed by atoms with E-state index in [1.807, 2.05) is 0 Å². The van der Waals surface area contributed by atoms with Crippen LogP contribution < -0.4 is 5.32 Å². The summed E-state index contributed by atoms with van der Waals surface area (Å²) in [5.41, 5.74) is 0.0888. The minimum atomic E-state index is -1.18. The Bertz CT molecular complexity index is 382. The highest BCUT2D eigenvalue weighted by atomic mass is 19.2. The van der Waals surface area contributed by atoms with Crippen LogP contribution in [0.15, 0.2) is 12.1 Å². The molecule has 0 amide bonds. The average molecular weight is 213 g/mol. The van der Waals surface area contributed by atoms with Gasteiger partial charge < -0.3 is 5.32 Å². The number of halogens is 3. The van der Waals surface area contributed by atoms with Crippen LogP contribution in [0.3, 0.4) is 0 Å². The summed E-state index contributed by atoms with van der Waals surface area (Å²) in [5, 5.41) is 2.82. The van der Waals surface area contributed by atoms with Gasteiger partial charge in [0.15, 0.2) is 11.6 Å². The molecule has 0 unspecified atom stereocenters. The lowest BCUT2D eigenvalue weighted by atomic mass is 10.2. The molecule has 0 aliphatic carbocycles. The minimum absolute atomic E-state index is 0.0888. The Hall–Kier alpha value is -1.47. The molecule has 15 heavy (non-hydrogen) atoms. The summed E-state index contributed by atoms with van der Waals surface area (Å²) in [6.45, 7) is 0.639. The highest BCUT2D eigenvalue weighted by Gasteiger charge is 2.08. The molecule has 80 valence electrons. The van der Waals surface area contributed by atoms with Gasteiger partial charge in [0.25, 0.3) is 0 Å². The summed E-state index contributed by atoms with van der Waals surface area (Å²) in [4.78, 5) is 0. The van der Waals surface area contributed by atoms with E-state index in [0.29, 0.717) is 19.0 Å². The second kappa shape index (κ2) is 5.42. The summed E-state index contributed by atoms with van der Waals surface area (Å²) in [6, 6.07) is 1.38. The van der Waals surface area contributed by atoms with E-state index in [-0.39, 0.29) is 12.1 Å². The summed E-state index contributed by atoms with van der Waals surface area (Å²) < 4.78 is 38.3. The molecule has 0 saturated carbocycles. The average Bonchev–Trinajstić information content (AvgIpc) is 2.20. The fourth-order valence-electron chi connectivity index (χ4n) is 1.08. The number of hydrogen-bond acceptors (Lipinski definition) is 1. The van der Waals surface area contributed by atoms with E-state index in [2.05, 4.69) is 11.2 Å². The van der Waals surface area contributed by atoms with Crippen LogP contribution in [0.25, 0.3) is 0 Å². The van der Waals surface area contributed by atoms with Crippen LogP contribution in [0.1, 0.15) is 12.0 Å². The maximum atomic E-state index is 13.1. The lowest BCUT2D eigenvalue weighted by Gasteiger charge is -2.05. The summed E-state index contributed by atoms with van der Waals surface area (Å²) in [5.74, 6) is -0.595. The molecule has 0 spiro atoms. The zero-order valence-corrected chi connectivity index (χ0v) is 7.99. The van der Waals surface area contributed by atoms with Crippen molar-refractivity contribution in [2.75, 3.05) is 6.54 Å². The number of hydrogen-bond donors (Lipinski definition) is 1. The molecule has 0 aliphatic rings. The Morgan fingerprint density at radius 1 is 1.13 bits per heavy atom. The van der Waals surface area contributed by atoms with Gasteiger partial charge in [-0.15, -0.1) is 12.3 Å². The standard InChI is InChI=1S/C11H10F3N/c1-2-3-4-15-7-8-5-10(13)11(14)6-9(8)12/h1,5-6,15H,3-4,7H2. The first kappa shape index (κ1) is 11.6. The first-order valence-corrected chi connectivity index (χ1v) is 4.42. The van der Waals surface area contributed by atoms with Crippen LogP contribution in [-0.4, -0.2) is 6.54 Å². The second-order valence-corrected chi connectivity index (χ2v) is 2.99. The van der Waals surface area contributed by atoms with Crippen molar-refractivity contribution in [3.8, 4) is 12.3 Å². The Kier molecular flexibility index (Phi) is 4.19. The molecule has 0 radical (unpaired) electrons. The molecular formula is C11H10F3N. The predicted molar refractivity (Wildman–Crippen MR) is 51.5 cm³/mol. The fraction of sp³-hybridized carbons (Fsp3) is 0.273. The molecule has 0 bridgehead atoms. The van der Waals surface area contributed by atoms with E-state index in [4.69, 9.17) is 6.42 Å². The van der Waals surface area contributed by atoms with Crippen molar-refractivity contribution in [1.82, 2.24) is 5.32 Å². The fourth-order valence-corrected chi connectivity index (χ4v) is 1.08. The summed E-state index contributed by atoms with van der Waals surface area (Å²) >= 11 is 0. The maximum Gasteiger partial charge on any atom is 0.161 e. The molecule has 0 saturated heterocycles. The number of nitrogens with one attached hydrogen (secondary N) is 1. The number of rotatable bonds is 4. The van der Waals surface area contributed by atoms with Crippen LogP contribution in [0, 0.1) is 29.8 Å². The molecule has 0 aromatic heterocycles. The van der Waals surface area contributed by atoms with Crippen molar-refractivity contribution in [2.45, 2.75) is 13.0 Å². The van der Waals surface area contributed by atoms with Gasteiger partial charge in [-0.1, -0.05) is 0 Å². The Morgan fingerprint density at radius 2 is 1.80 bits per heavy atom. The molecule has 4 heteroatoms. The van der Waals surface area contributed by atoms with Gasteiger partial charge >= 0.3 is 0 Å². The molecule has 1 nitrogen and oxygen atoms in total. The number of benzene rings is 1. The lowest BCUT2D eigenvalue weighted by Crippen LogP contribution is -2.15. The maximum absolute atomic E-state index is 13.1. The topological polar surface area (TPSA) is 12.0 Å². The quantitative estimate of drug-likeness (QED) is 0.459. The lowest BCUT2D eigenvalue weighted by molar-refractivity contribution is 0.487. The zero-order valence-electron chi connectivity index (χ0n) is 7.99. The van der Waals surface area contributed by atoms with Gasteiger partial charge in [0.2, 0.25) is 0 Å². The summed E-state index contributed by atoms with van der Waals surface area (Å²) in [6.07, 6.45) is 5.51. The Labute approximate surface area is 86.3 Å². The zero-order chi connectivity index (χ0) is 11.3. The van der Waals surface area contributed by atoms with E-state index < -0.39 is 17.5 Å². The predicted octanol–water partition coefficient (Wildman–Crippen LogP) is 2.22. The second-order valence-electron chi connectivity index (χ2n) is 2.99. The molecule has 1 N–H and O–H groups in total. The molecule has 0 aliphatic heterocycles. The van der Waals surface area contributed by atoms with Gasteiger partial charge in [-0.25, -0.2) is 13.2 Å². The highest BCUT2D eigenvalue weighted by molar-refractivity contribution is 5.19. The van der Waals surface area contributed by atoms with Crippen LogP contribution >= 0.6 is 0 Å². The van der Waals surface area contributed by atoms with Crippen molar-refractivity contribution in [1.29, 1.82) is 0 Å². The third kappa shape index (κ3) is 3.30. The minimum Gasteiger partial charge on any atom is -0.312 e. The molecule has 0 atom stereocenters. The van der Waals surface area contributed by atoms with Crippen LogP contribution in [0.4, 0.5) is 13.2 Å². The first-order chi connectivity index (χ1) is 7.15. The van der Waals surface area contributed by atoms with Gasteiger partial charge in [0, 0.05) is 31.1 Å². The van der Waals surface area contributed by atoms with Crippen LogP contribution in [-0.2, 0) is 6.54 Å². The van der Waals surface area contributed by atoms with E-state index in [1.54, 1.807) is 0 Å². The molecule has 1 aromatic rings. The van der Waals surface area contributed by atoms with Gasteiger partial charge in [-0.05, 0) is 6.07 Å². The highest BCUT2D eigenvalue weighted by Crippen LogP contribution is 2.13. The SMILES string of the molecule is C#CCCNCc1cc(F)c(F)cc1F. The van der Waals surface area contributed by atoms with Crippen molar-refractivity contribution in [3.05, 3.63) is 35.1 Å². The summed E-state index contributed by atoms with van der Waals surface area (Å²) in [7, 11) is 0. The molecule has 1 aromatic carbocycles. The molecule has 1 rings (SSSR count). The van der Waals surface area contributed by atoms with E-state index in [1.165, 1.54) is 0 Å². The van der Waals surface area contributed by atoms with Crippen molar-refractivity contribution in [2.24, 2.45) is 0 Å². The van der Waals surface area contributed by atoms with Gasteiger partial charge in [0.05, 0.1) is 0 Å². The van der Waals surface area contributed by atoms with Crippen molar-refractivity contribution >= 4 is 0 Å². The smallest absolute Gasteiger partial charge is 0.161 e. The van der Waals surface area contributed by atoms with Crippen LogP contribution in [0.2, 0.25) is 0 Å². The van der Waals surface area contributed by atoms with E-state index in [9.17, 15) is 13.2 Å². The normalized spacial score (nSPS) is 10.0. The van der Waals surface area contributed by atoms with E-state index >= 15 is 0 Å². The number of terminal acetylenes is 1. The molecular weight excluding hydrogens is 203 g/mol. The van der Waals surface area contributed by atoms with Gasteiger partial charge in [-0.2, -0.15) is 0 Å². The van der Waals surface area contributed by atoms with Gasteiger partial charge in [0.1, 0.15) is 5.82 Å². The van der Waals surface area contributed by atoms with Crippen molar-refractivity contribution in [3.63, 3.8) is 0 Å².